The summed E-state index contributed by atoms with van der Waals surface area (Å²) in [7, 11) is 0. The lowest BCUT2D eigenvalue weighted by molar-refractivity contribution is -0.130. The van der Waals surface area contributed by atoms with Crippen LogP contribution in [0.5, 0.6) is 0 Å². The highest BCUT2D eigenvalue weighted by molar-refractivity contribution is 8.00. The molecule has 26 heavy (non-hydrogen) atoms. The third kappa shape index (κ3) is 7.91. The zero-order chi connectivity index (χ0) is 19.9. The summed E-state index contributed by atoms with van der Waals surface area (Å²) in [5.41, 5.74) is -0.0693. The van der Waals surface area contributed by atoms with Crippen LogP contribution in [0.2, 0.25) is 0 Å². The molecular formula is C19H28N2O4S. The monoisotopic (exact) mass is 380 g/mol. The van der Waals surface area contributed by atoms with Gasteiger partial charge in [-0.3, -0.25) is 9.59 Å². The molecule has 0 fully saturated rings. The standard InChI is InChI=1S/C19H28N2O4S/c1-12(2)20-16(22)11-26-15-10-8-7-9-14(15)18(24)25-13(3)17(23)21-19(4,5)6/h7-10,12-13H,11H2,1-6H3,(H,20,22)(H,21,23)/t13-/m1/s1. The Morgan fingerprint density at radius 3 is 2.31 bits per heavy atom. The summed E-state index contributed by atoms with van der Waals surface area (Å²) in [5.74, 6) is -0.852. The number of nitrogens with one attached hydrogen (secondary N) is 2. The fraction of sp³-hybridized carbons (Fsp3) is 0.526. The topological polar surface area (TPSA) is 84.5 Å². The molecule has 0 spiro atoms. The lowest BCUT2D eigenvalue weighted by atomic mass is 10.1. The first-order valence-corrected chi connectivity index (χ1v) is 9.52. The minimum absolute atomic E-state index is 0.0606. The van der Waals surface area contributed by atoms with E-state index in [0.717, 1.165) is 0 Å². The number of rotatable bonds is 7. The normalized spacial score (nSPS) is 12.4. The van der Waals surface area contributed by atoms with Crippen molar-refractivity contribution in [1.82, 2.24) is 10.6 Å². The molecule has 6 nitrogen and oxygen atoms in total. The lowest BCUT2D eigenvalue weighted by Gasteiger charge is -2.23. The summed E-state index contributed by atoms with van der Waals surface area (Å²) in [5, 5.41) is 5.58. The second kappa shape index (κ2) is 9.62. The zero-order valence-electron chi connectivity index (χ0n) is 16.2. The molecular weight excluding hydrogens is 352 g/mol. The van der Waals surface area contributed by atoms with Crippen LogP contribution in [-0.2, 0) is 14.3 Å². The van der Waals surface area contributed by atoms with Crippen LogP contribution in [0.25, 0.3) is 0 Å². The van der Waals surface area contributed by atoms with E-state index in [9.17, 15) is 14.4 Å². The van der Waals surface area contributed by atoms with Crippen LogP contribution in [0.3, 0.4) is 0 Å². The van der Waals surface area contributed by atoms with Gasteiger partial charge in [-0.2, -0.15) is 0 Å². The molecule has 1 aromatic carbocycles. The fourth-order valence-corrected chi connectivity index (χ4v) is 2.87. The highest BCUT2D eigenvalue weighted by Gasteiger charge is 2.24. The number of thioether (sulfide) groups is 1. The van der Waals surface area contributed by atoms with Gasteiger partial charge in [0.05, 0.1) is 11.3 Å². The maximum absolute atomic E-state index is 12.5. The molecule has 2 amide bonds. The SMILES string of the molecule is CC(C)NC(=O)CSc1ccccc1C(=O)O[C@H](C)C(=O)NC(C)(C)C. The minimum Gasteiger partial charge on any atom is -0.449 e. The van der Waals surface area contributed by atoms with Gasteiger partial charge in [-0.1, -0.05) is 12.1 Å². The van der Waals surface area contributed by atoms with Gasteiger partial charge >= 0.3 is 5.97 Å². The van der Waals surface area contributed by atoms with Crippen molar-refractivity contribution < 1.29 is 19.1 Å². The Bertz CT molecular complexity index is 653. The molecule has 0 saturated carbocycles. The number of carbonyl (C=O) groups is 3. The van der Waals surface area contributed by atoms with Gasteiger partial charge in [-0.15, -0.1) is 11.8 Å². The molecule has 0 heterocycles. The van der Waals surface area contributed by atoms with E-state index in [0.29, 0.717) is 10.5 Å². The number of benzene rings is 1. The van der Waals surface area contributed by atoms with E-state index in [1.165, 1.54) is 18.7 Å². The van der Waals surface area contributed by atoms with Crippen molar-refractivity contribution >= 4 is 29.5 Å². The molecule has 1 rings (SSSR count). The molecule has 0 radical (unpaired) electrons. The highest BCUT2D eigenvalue weighted by Crippen LogP contribution is 2.23. The molecule has 0 aliphatic rings. The van der Waals surface area contributed by atoms with Crippen molar-refractivity contribution in [2.45, 2.75) is 64.1 Å². The molecule has 7 heteroatoms. The average Bonchev–Trinajstić information content (AvgIpc) is 2.50. The molecule has 2 N–H and O–H groups in total. The van der Waals surface area contributed by atoms with Crippen molar-refractivity contribution in [3.05, 3.63) is 29.8 Å². The summed E-state index contributed by atoms with van der Waals surface area (Å²) in [6.45, 7) is 10.9. The van der Waals surface area contributed by atoms with Crippen LogP contribution in [0, 0.1) is 0 Å². The summed E-state index contributed by atoms with van der Waals surface area (Å²) in [6, 6.07) is 6.94. The predicted octanol–water partition coefficient (Wildman–Crippen LogP) is 2.76. The summed E-state index contributed by atoms with van der Waals surface area (Å²) in [4.78, 5) is 37.0. The Labute approximate surface area is 159 Å². The Hall–Kier alpha value is -2.02. The van der Waals surface area contributed by atoms with Crippen LogP contribution >= 0.6 is 11.8 Å². The Morgan fingerprint density at radius 2 is 1.73 bits per heavy atom. The highest BCUT2D eigenvalue weighted by atomic mass is 32.2. The maximum atomic E-state index is 12.5. The van der Waals surface area contributed by atoms with Crippen LogP contribution < -0.4 is 10.6 Å². The van der Waals surface area contributed by atoms with Gasteiger partial charge in [0.2, 0.25) is 5.91 Å². The molecule has 0 aliphatic heterocycles. The number of esters is 1. The van der Waals surface area contributed by atoms with Gasteiger partial charge in [0.25, 0.3) is 5.91 Å². The number of hydrogen-bond acceptors (Lipinski definition) is 5. The molecule has 0 saturated heterocycles. The quantitative estimate of drug-likeness (QED) is 0.561. The van der Waals surface area contributed by atoms with E-state index in [1.54, 1.807) is 24.3 Å². The Balaban J connectivity index is 2.75. The molecule has 0 aliphatic carbocycles. The zero-order valence-corrected chi connectivity index (χ0v) is 17.0. The van der Waals surface area contributed by atoms with Crippen molar-refractivity contribution in [2.24, 2.45) is 0 Å². The van der Waals surface area contributed by atoms with Crippen molar-refractivity contribution in [2.75, 3.05) is 5.75 Å². The van der Waals surface area contributed by atoms with E-state index < -0.39 is 17.6 Å². The predicted molar refractivity (Wildman–Crippen MR) is 103 cm³/mol. The van der Waals surface area contributed by atoms with Gasteiger partial charge in [0, 0.05) is 16.5 Å². The average molecular weight is 381 g/mol. The minimum atomic E-state index is -0.913. The van der Waals surface area contributed by atoms with Crippen LogP contribution in [0.1, 0.15) is 51.9 Å². The number of hydrogen-bond donors (Lipinski definition) is 2. The third-order valence-corrected chi connectivity index (χ3v) is 4.14. The maximum Gasteiger partial charge on any atom is 0.340 e. The molecule has 0 aromatic heterocycles. The van der Waals surface area contributed by atoms with Crippen LogP contribution in [0.15, 0.2) is 29.2 Å². The van der Waals surface area contributed by atoms with E-state index in [-0.39, 0.29) is 23.6 Å². The number of ether oxygens (including phenoxy) is 1. The first kappa shape index (κ1) is 22.0. The largest absolute Gasteiger partial charge is 0.449 e. The third-order valence-electron chi connectivity index (χ3n) is 3.07. The molecule has 144 valence electrons. The lowest BCUT2D eigenvalue weighted by Crippen LogP contribution is -2.46. The second-order valence-electron chi connectivity index (χ2n) is 7.29. The summed E-state index contributed by atoms with van der Waals surface area (Å²) in [6.07, 6.45) is -0.913. The first-order valence-electron chi connectivity index (χ1n) is 8.54. The van der Waals surface area contributed by atoms with Gasteiger partial charge in [-0.25, -0.2) is 4.79 Å². The van der Waals surface area contributed by atoms with E-state index in [2.05, 4.69) is 10.6 Å². The van der Waals surface area contributed by atoms with Crippen LogP contribution in [0.4, 0.5) is 0 Å². The van der Waals surface area contributed by atoms with Crippen molar-refractivity contribution in [3.8, 4) is 0 Å². The van der Waals surface area contributed by atoms with Gasteiger partial charge < -0.3 is 15.4 Å². The fourth-order valence-electron chi connectivity index (χ4n) is 2.02. The molecule has 1 atom stereocenters. The molecule has 0 bridgehead atoms. The molecule has 0 unspecified atom stereocenters. The molecule has 1 aromatic rings. The Morgan fingerprint density at radius 1 is 1.12 bits per heavy atom. The van der Waals surface area contributed by atoms with Gasteiger partial charge in [0.1, 0.15) is 0 Å². The van der Waals surface area contributed by atoms with Crippen molar-refractivity contribution in [1.29, 1.82) is 0 Å². The smallest absolute Gasteiger partial charge is 0.340 e. The van der Waals surface area contributed by atoms with Gasteiger partial charge in [0.15, 0.2) is 6.10 Å². The van der Waals surface area contributed by atoms with Gasteiger partial charge in [-0.05, 0) is 53.7 Å². The summed E-state index contributed by atoms with van der Waals surface area (Å²) >= 11 is 1.26. The van der Waals surface area contributed by atoms with E-state index in [1.807, 2.05) is 34.6 Å². The van der Waals surface area contributed by atoms with Crippen molar-refractivity contribution in [3.63, 3.8) is 0 Å². The van der Waals surface area contributed by atoms with E-state index in [4.69, 9.17) is 4.74 Å². The Kier molecular flexibility index (Phi) is 8.14. The summed E-state index contributed by atoms with van der Waals surface area (Å²) < 4.78 is 5.29. The van der Waals surface area contributed by atoms with E-state index >= 15 is 0 Å². The van der Waals surface area contributed by atoms with Crippen LogP contribution in [-0.4, -0.2) is 41.2 Å². The first-order chi connectivity index (χ1) is 12.0. The number of amides is 2. The second-order valence-corrected chi connectivity index (χ2v) is 8.31. The number of carbonyl (C=O) groups excluding carboxylic acids is 3.